The zero-order chi connectivity index (χ0) is 17.7. The molecule has 0 aliphatic carbocycles. The molecule has 3 atom stereocenters. The summed E-state index contributed by atoms with van der Waals surface area (Å²) in [5.74, 6) is 0.359. The highest BCUT2D eigenvalue weighted by atomic mass is 35.5. The number of likely N-dealkylation sites (N-methyl/N-ethyl adjacent to an activating group) is 1. The van der Waals surface area contributed by atoms with Crippen LogP contribution in [-0.4, -0.2) is 32.1 Å². The molecule has 2 aliphatic heterocycles. The molecule has 4 rings (SSSR count). The molecule has 2 aliphatic rings. The van der Waals surface area contributed by atoms with E-state index in [-0.39, 0.29) is 11.9 Å². The monoisotopic (exact) mass is 375 g/mol. The van der Waals surface area contributed by atoms with Gasteiger partial charge >= 0.3 is 0 Å². The molecule has 1 unspecified atom stereocenters. The molecule has 0 bridgehead atoms. The van der Waals surface area contributed by atoms with Gasteiger partial charge in [-0.3, -0.25) is 4.79 Å². The van der Waals surface area contributed by atoms with Gasteiger partial charge in [-0.1, -0.05) is 40.9 Å². The van der Waals surface area contributed by atoms with Crippen LogP contribution in [0.1, 0.15) is 33.8 Å². The SMILES string of the molecule is Cc1ccc2c(c1)[C@@H]1C[NH+](C)CC[C@@H]1N2C(=O)c1ccc(Cl)cc1Cl. The van der Waals surface area contributed by atoms with Crippen molar-refractivity contribution in [3.63, 3.8) is 0 Å². The number of carbonyl (C=O) groups is 1. The molecule has 25 heavy (non-hydrogen) atoms. The first-order chi connectivity index (χ1) is 12.0. The van der Waals surface area contributed by atoms with E-state index >= 15 is 0 Å². The van der Waals surface area contributed by atoms with Crippen LogP contribution in [0.4, 0.5) is 5.69 Å². The number of aryl methyl sites for hydroxylation is 1. The minimum atomic E-state index is -0.0289. The van der Waals surface area contributed by atoms with Crippen LogP contribution in [0, 0.1) is 6.92 Å². The van der Waals surface area contributed by atoms with Gasteiger partial charge in [-0.25, -0.2) is 0 Å². The lowest BCUT2D eigenvalue weighted by Gasteiger charge is -2.34. The van der Waals surface area contributed by atoms with Crippen molar-refractivity contribution in [1.29, 1.82) is 0 Å². The number of halogens is 2. The van der Waals surface area contributed by atoms with Crippen LogP contribution in [0.25, 0.3) is 0 Å². The second-order valence-corrected chi connectivity index (χ2v) is 8.08. The molecule has 0 aromatic heterocycles. The summed E-state index contributed by atoms with van der Waals surface area (Å²) < 4.78 is 0. The van der Waals surface area contributed by atoms with Crippen LogP contribution in [0.15, 0.2) is 36.4 Å². The van der Waals surface area contributed by atoms with Crippen molar-refractivity contribution in [2.75, 3.05) is 25.0 Å². The number of carbonyl (C=O) groups excluding carboxylic acids is 1. The Bertz CT molecular complexity index is 852. The van der Waals surface area contributed by atoms with Crippen molar-refractivity contribution in [3.05, 3.63) is 63.1 Å². The summed E-state index contributed by atoms with van der Waals surface area (Å²) in [4.78, 5) is 16.8. The summed E-state index contributed by atoms with van der Waals surface area (Å²) in [6.07, 6.45) is 1.00. The highest BCUT2D eigenvalue weighted by Crippen LogP contribution is 2.44. The Morgan fingerprint density at radius 1 is 1.20 bits per heavy atom. The van der Waals surface area contributed by atoms with Gasteiger partial charge in [0.15, 0.2) is 0 Å². The number of hydrogen-bond acceptors (Lipinski definition) is 1. The summed E-state index contributed by atoms with van der Waals surface area (Å²) in [5, 5.41) is 0.952. The molecular weight excluding hydrogens is 355 g/mol. The molecule has 1 fully saturated rings. The van der Waals surface area contributed by atoms with Gasteiger partial charge in [0.1, 0.15) is 0 Å². The van der Waals surface area contributed by atoms with Crippen molar-refractivity contribution in [1.82, 2.24) is 0 Å². The molecule has 5 heteroatoms. The number of rotatable bonds is 1. The lowest BCUT2D eigenvalue weighted by Crippen LogP contribution is -3.11. The largest absolute Gasteiger partial charge is 0.337 e. The lowest BCUT2D eigenvalue weighted by molar-refractivity contribution is -0.886. The highest BCUT2D eigenvalue weighted by Gasteiger charge is 2.46. The number of amides is 1. The average Bonchev–Trinajstić information content (AvgIpc) is 2.87. The number of likely N-dealkylation sites (tertiary alicyclic amines) is 1. The number of piperidine rings is 1. The maximum absolute atomic E-state index is 13.4. The summed E-state index contributed by atoms with van der Waals surface area (Å²) in [6.45, 7) is 4.24. The van der Waals surface area contributed by atoms with E-state index in [2.05, 4.69) is 32.2 Å². The summed E-state index contributed by atoms with van der Waals surface area (Å²) in [7, 11) is 2.23. The van der Waals surface area contributed by atoms with Gasteiger partial charge in [-0.15, -0.1) is 0 Å². The molecule has 0 radical (unpaired) electrons. The lowest BCUT2D eigenvalue weighted by atomic mass is 9.88. The molecule has 0 spiro atoms. The van der Waals surface area contributed by atoms with Gasteiger partial charge in [0, 0.05) is 17.1 Å². The fraction of sp³-hybridized carbons (Fsp3) is 0.350. The topological polar surface area (TPSA) is 24.8 Å². The number of anilines is 1. The van der Waals surface area contributed by atoms with Crippen LogP contribution >= 0.6 is 23.2 Å². The van der Waals surface area contributed by atoms with Crippen LogP contribution in [0.3, 0.4) is 0 Å². The Labute approximate surface area is 158 Å². The predicted octanol–water partition coefficient (Wildman–Crippen LogP) is 3.33. The van der Waals surface area contributed by atoms with Crippen LogP contribution in [-0.2, 0) is 0 Å². The Hall–Kier alpha value is -1.55. The van der Waals surface area contributed by atoms with Gasteiger partial charge in [0.05, 0.1) is 42.7 Å². The third kappa shape index (κ3) is 2.84. The summed E-state index contributed by atoms with van der Waals surface area (Å²) in [6, 6.07) is 11.7. The van der Waals surface area contributed by atoms with E-state index < -0.39 is 0 Å². The Morgan fingerprint density at radius 2 is 2.00 bits per heavy atom. The molecule has 2 aromatic rings. The zero-order valence-corrected chi connectivity index (χ0v) is 15.9. The number of quaternary nitrogens is 1. The molecule has 130 valence electrons. The molecule has 2 aromatic carbocycles. The normalized spacial score (nSPS) is 24.8. The van der Waals surface area contributed by atoms with Gasteiger partial charge in [0.25, 0.3) is 5.91 Å². The Morgan fingerprint density at radius 3 is 2.76 bits per heavy atom. The minimum Gasteiger partial charge on any atom is -0.337 e. The third-order valence-corrected chi connectivity index (χ3v) is 6.00. The van der Waals surface area contributed by atoms with E-state index in [0.717, 1.165) is 25.2 Å². The van der Waals surface area contributed by atoms with Gasteiger partial charge < -0.3 is 9.80 Å². The molecule has 2 heterocycles. The van der Waals surface area contributed by atoms with E-state index in [1.54, 1.807) is 18.2 Å². The van der Waals surface area contributed by atoms with E-state index in [1.807, 2.05) is 4.90 Å². The van der Waals surface area contributed by atoms with E-state index in [1.165, 1.54) is 16.0 Å². The average molecular weight is 376 g/mol. The smallest absolute Gasteiger partial charge is 0.260 e. The van der Waals surface area contributed by atoms with Crippen LogP contribution in [0.2, 0.25) is 10.0 Å². The van der Waals surface area contributed by atoms with Crippen molar-refractivity contribution in [2.24, 2.45) is 0 Å². The molecule has 3 nitrogen and oxygen atoms in total. The van der Waals surface area contributed by atoms with E-state index in [0.29, 0.717) is 21.5 Å². The van der Waals surface area contributed by atoms with Gasteiger partial charge in [-0.2, -0.15) is 0 Å². The summed E-state index contributed by atoms with van der Waals surface area (Å²) >= 11 is 12.3. The zero-order valence-electron chi connectivity index (χ0n) is 14.4. The van der Waals surface area contributed by atoms with Crippen molar-refractivity contribution < 1.29 is 9.69 Å². The van der Waals surface area contributed by atoms with Crippen LogP contribution < -0.4 is 9.80 Å². The van der Waals surface area contributed by atoms with E-state index in [4.69, 9.17) is 23.2 Å². The second-order valence-electron chi connectivity index (χ2n) is 7.24. The fourth-order valence-electron chi connectivity index (χ4n) is 4.26. The molecular formula is C20H21Cl2N2O+. The summed E-state index contributed by atoms with van der Waals surface area (Å²) in [5.41, 5.74) is 4.08. The first kappa shape index (κ1) is 16.9. The van der Waals surface area contributed by atoms with Crippen molar-refractivity contribution in [2.45, 2.75) is 25.3 Å². The molecule has 1 amide bonds. The first-order valence-electron chi connectivity index (χ1n) is 8.66. The minimum absolute atomic E-state index is 0.0289. The number of fused-ring (bicyclic) bond motifs is 3. The van der Waals surface area contributed by atoms with Gasteiger partial charge in [0.2, 0.25) is 0 Å². The maximum atomic E-state index is 13.4. The number of hydrogen-bond donors (Lipinski definition) is 1. The standard InChI is InChI=1S/C20H20Cl2N2O/c1-12-3-6-18-15(9-12)16-11-23(2)8-7-19(16)24(18)20(25)14-5-4-13(21)10-17(14)22/h3-6,9-10,16,19H,7-8,11H2,1-2H3/p+1/t16-,19-/m0/s1. The second kappa shape index (κ2) is 6.31. The highest BCUT2D eigenvalue weighted by molar-refractivity contribution is 6.37. The molecule has 1 saturated heterocycles. The van der Waals surface area contributed by atoms with Gasteiger partial charge in [-0.05, 0) is 36.8 Å². The quantitative estimate of drug-likeness (QED) is 0.812. The Kier molecular flexibility index (Phi) is 4.27. The van der Waals surface area contributed by atoms with E-state index in [9.17, 15) is 4.79 Å². The van der Waals surface area contributed by atoms with Crippen molar-refractivity contribution >= 4 is 34.8 Å². The maximum Gasteiger partial charge on any atom is 0.260 e. The third-order valence-electron chi connectivity index (χ3n) is 5.45. The van der Waals surface area contributed by atoms with Crippen molar-refractivity contribution in [3.8, 4) is 0 Å². The predicted molar refractivity (Wildman–Crippen MR) is 102 cm³/mol. The Balaban J connectivity index is 1.80. The first-order valence-corrected chi connectivity index (χ1v) is 9.42. The number of nitrogens with one attached hydrogen (secondary N) is 1. The number of benzene rings is 2. The molecule has 0 saturated carbocycles. The van der Waals surface area contributed by atoms with Crippen LogP contribution in [0.5, 0.6) is 0 Å². The molecule has 1 N–H and O–H groups in total. The number of nitrogens with zero attached hydrogens (tertiary/aromatic N) is 1. The fourth-order valence-corrected chi connectivity index (χ4v) is 4.75.